The molecule has 0 aliphatic rings. The lowest BCUT2D eigenvalue weighted by atomic mass is 9.92. The van der Waals surface area contributed by atoms with Gasteiger partial charge in [-0.15, -0.1) is 0 Å². The number of carbonyl (C=O) groups is 1. The summed E-state index contributed by atoms with van der Waals surface area (Å²) in [5.41, 5.74) is 5.14. The highest BCUT2D eigenvalue weighted by atomic mass is 127. The van der Waals surface area contributed by atoms with Gasteiger partial charge in [-0.05, 0) is 88.3 Å². The summed E-state index contributed by atoms with van der Waals surface area (Å²) >= 11 is 2.25. The first kappa shape index (κ1) is 25.5. The fourth-order valence-electron chi connectivity index (χ4n) is 4.01. The third-order valence-corrected chi connectivity index (χ3v) is 8.37. The van der Waals surface area contributed by atoms with Crippen LogP contribution in [-0.4, -0.2) is 35.7 Å². The molecule has 0 fully saturated rings. The van der Waals surface area contributed by atoms with Gasteiger partial charge in [0, 0.05) is 34.9 Å². The standard InChI is InChI=1S/C28H31IN2O3Si/c1-35(2,3)17-16-34-28(33)20-11-9-19(10-12-20)26(23-8-5-15-30-23)24-13-14-25(31-24)27(32)21-6-4-7-22(29)18-21/h4-15,18,26-27,30-32H,16-17H2,1-3H3. The minimum Gasteiger partial charge on any atom is -0.462 e. The average Bonchev–Trinajstić information content (AvgIpc) is 3.52. The van der Waals surface area contributed by atoms with Crippen molar-refractivity contribution in [3.63, 3.8) is 0 Å². The van der Waals surface area contributed by atoms with Crippen LogP contribution in [0.15, 0.2) is 79.0 Å². The maximum atomic E-state index is 12.5. The smallest absolute Gasteiger partial charge is 0.338 e. The van der Waals surface area contributed by atoms with Crippen molar-refractivity contribution in [3.8, 4) is 0 Å². The molecule has 2 heterocycles. The molecule has 5 nitrogen and oxygen atoms in total. The number of H-pyrrole nitrogens is 2. The summed E-state index contributed by atoms with van der Waals surface area (Å²) in [6, 6.07) is 24.4. The van der Waals surface area contributed by atoms with Gasteiger partial charge in [0.25, 0.3) is 0 Å². The zero-order valence-corrected chi connectivity index (χ0v) is 23.4. The maximum absolute atomic E-state index is 12.5. The van der Waals surface area contributed by atoms with Gasteiger partial charge in [0.1, 0.15) is 6.10 Å². The molecule has 2 atom stereocenters. The second kappa shape index (κ2) is 11.0. The number of nitrogens with one attached hydrogen (secondary N) is 2. The number of halogens is 1. The number of hydrogen-bond donors (Lipinski definition) is 3. The predicted molar refractivity (Wildman–Crippen MR) is 151 cm³/mol. The Bertz CT molecular complexity index is 1260. The normalized spacial score (nSPS) is 13.4. The molecular weight excluding hydrogens is 567 g/mol. The Kier molecular flexibility index (Phi) is 7.98. The molecule has 2 aromatic carbocycles. The van der Waals surface area contributed by atoms with Gasteiger partial charge < -0.3 is 19.8 Å². The Morgan fingerprint density at radius 2 is 1.69 bits per heavy atom. The average molecular weight is 599 g/mol. The first-order chi connectivity index (χ1) is 16.7. The Morgan fingerprint density at radius 3 is 2.34 bits per heavy atom. The Morgan fingerprint density at radius 1 is 0.943 bits per heavy atom. The van der Waals surface area contributed by atoms with Crippen LogP contribution in [0.5, 0.6) is 0 Å². The first-order valence-electron chi connectivity index (χ1n) is 11.7. The van der Waals surface area contributed by atoms with Gasteiger partial charge in [-0.25, -0.2) is 4.79 Å². The Hall–Kier alpha value is -2.62. The highest BCUT2D eigenvalue weighted by molar-refractivity contribution is 14.1. The van der Waals surface area contributed by atoms with Gasteiger partial charge in [0.15, 0.2) is 0 Å². The molecule has 0 aliphatic heterocycles. The summed E-state index contributed by atoms with van der Waals surface area (Å²) in [4.78, 5) is 19.3. The van der Waals surface area contributed by atoms with Gasteiger partial charge in [-0.2, -0.15) is 0 Å². The van der Waals surface area contributed by atoms with Crippen molar-refractivity contribution in [3.05, 3.63) is 116 Å². The molecule has 4 aromatic rings. The molecule has 0 saturated carbocycles. The molecule has 2 unspecified atom stereocenters. The molecule has 0 spiro atoms. The second-order valence-corrected chi connectivity index (χ2v) is 16.8. The van der Waals surface area contributed by atoms with Crippen molar-refractivity contribution in [1.29, 1.82) is 0 Å². The summed E-state index contributed by atoms with van der Waals surface area (Å²) < 4.78 is 6.57. The number of ether oxygens (including phenoxy) is 1. The van der Waals surface area contributed by atoms with Gasteiger partial charge in [0.2, 0.25) is 0 Å². The number of aliphatic hydroxyl groups is 1. The van der Waals surface area contributed by atoms with E-state index >= 15 is 0 Å². The fourth-order valence-corrected chi connectivity index (χ4v) is 5.29. The van der Waals surface area contributed by atoms with Crippen LogP contribution in [0.4, 0.5) is 0 Å². The highest BCUT2D eigenvalue weighted by Crippen LogP contribution is 2.32. The third kappa shape index (κ3) is 6.53. The van der Waals surface area contributed by atoms with Crippen LogP contribution in [0.3, 0.4) is 0 Å². The maximum Gasteiger partial charge on any atom is 0.338 e. The van der Waals surface area contributed by atoms with Crippen molar-refractivity contribution < 1.29 is 14.6 Å². The minimum atomic E-state index is -1.25. The van der Waals surface area contributed by atoms with Gasteiger partial charge in [0.05, 0.1) is 18.1 Å². The molecule has 0 aliphatic carbocycles. The van der Waals surface area contributed by atoms with E-state index in [1.54, 1.807) is 0 Å². The van der Waals surface area contributed by atoms with Gasteiger partial charge in [-0.3, -0.25) is 0 Å². The molecule has 0 saturated heterocycles. The van der Waals surface area contributed by atoms with E-state index in [1.807, 2.05) is 79.0 Å². The van der Waals surface area contributed by atoms with Crippen molar-refractivity contribution in [2.24, 2.45) is 0 Å². The summed E-state index contributed by atoms with van der Waals surface area (Å²) in [6.45, 7) is 7.27. The number of carbonyl (C=O) groups excluding carboxylic acids is 1. The van der Waals surface area contributed by atoms with Gasteiger partial charge >= 0.3 is 5.97 Å². The van der Waals surface area contributed by atoms with E-state index in [0.717, 1.165) is 37.8 Å². The van der Waals surface area contributed by atoms with Crippen LogP contribution >= 0.6 is 22.6 Å². The summed E-state index contributed by atoms with van der Waals surface area (Å²) in [5.74, 6) is -0.382. The van der Waals surface area contributed by atoms with E-state index in [4.69, 9.17) is 4.74 Å². The molecule has 182 valence electrons. The number of aromatic amines is 2. The van der Waals surface area contributed by atoms with Crippen molar-refractivity contribution in [2.75, 3.05) is 6.61 Å². The minimum absolute atomic E-state index is 0.0983. The Labute approximate surface area is 221 Å². The van der Waals surface area contributed by atoms with Gasteiger partial charge in [-0.1, -0.05) is 43.9 Å². The van der Waals surface area contributed by atoms with Crippen LogP contribution < -0.4 is 0 Å². The highest BCUT2D eigenvalue weighted by Gasteiger charge is 2.22. The van der Waals surface area contributed by atoms with E-state index < -0.39 is 14.2 Å². The second-order valence-electron chi connectivity index (χ2n) is 9.95. The number of hydrogen-bond acceptors (Lipinski definition) is 3. The molecule has 0 amide bonds. The molecule has 0 bridgehead atoms. The van der Waals surface area contributed by atoms with Crippen LogP contribution in [0.2, 0.25) is 25.7 Å². The molecule has 7 heteroatoms. The number of esters is 1. The van der Waals surface area contributed by atoms with Crippen LogP contribution in [0.25, 0.3) is 0 Å². The molecule has 2 aromatic heterocycles. The molecule has 4 rings (SSSR count). The lowest BCUT2D eigenvalue weighted by Crippen LogP contribution is -2.22. The quantitative estimate of drug-likeness (QED) is 0.114. The lowest BCUT2D eigenvalue weighted by molar-refractivity contribution is 0.0525. The van der Waals surface area contributed by atoms with E-state index in [1.165, 1.54) is 0 Å². The van der Waals surface area contributed by atoms with E-state index in [0.29, 0.717) is 12.2 Å². The van der Waals surface area contributed by atoms with Crippen LogP contribution in [0, 0.1) is 3.57 Å². The molecule has 0 radical (unpaired) electrons. The third-order valence-electron chi connectivity index (χ3n) is 6.00. The zero-order chi connectivity index (χ0) is 25.0. The molecule has 35 heavy (non-hydrogen) atoms. The zero-order valence-electron chi connectivity index (χ0n) is 20.2. The van der Waals surface area contributed by atoms with Crippen LogP contribution in [0.1, 0.15) is 50.6 Å². The molecular formula is C28H31IN2O3Si. The van der Waals surface area contributed by atoms with E-state index in [9.17, 15) is 9.90 Å². The van der Waals surface area contributed by atoms with Crippen molar-refractivity contribution >= 4 is 36.6 Å². The summed E-state index contributed by atoms with van der Waals surface area (Å²) in [6.07, 6.45) is 1.16. The van der Waals surface area contributed by atoms with Crippen molar-refractivity contribution in [1.82, 2.24) is 9.97 Å². The number of aliphatic hydroxyl groups excluding tert-OH is 1. The molecule has 3 N–H and O–H groups in total. The van der Waals surface area contributed by atoms with E-state index in [-0.39, 0.29) is 11.9 Å². The first-order valence-corrected chi connectivity index (χ1v) is 16.5. The predicted octanol–water partition coefficient (Wildman–Crippen LogP) is 6.70. The van der Waals surface area contributed by atoms with Crippen molar-refractivity contribution in [2.45, 2.75) is 37.7 Å². The monoisotopic (exact) mass is 598 g/mol. The largest absolute Gasteiger partial charge is 0.462 e. The lowest BCUT2D eigenvalue weighted by Gasteiger charge is -2.17. The fraction of sp³-hybridized carbons (Fsp3) is 0.250. The topological polar surface area (TPSA) is 78.1 Å². The Balaban J connectivity index is 1.56. The van der Waals surface area contributed by atoms with E-state index in [2.05, 4.69) is 52.2 Å². The summed E-state index contributed by atoms with van der Waals surface area (Å²) in [7, 11) is -1.25. The van der Waals surface area contributed by atoms with Crippen LogP contribution in [-0.2, 0) is 4.74 Å². The number of rotatable bonds is 9. The number of aromatic nitrogens is 2. The SMILES string of the molecule is C[Si](C)(C)CCOC(=O)c1ccc(C(c2ccc[nH]2)c2ccc(C(O)c3cccc(I)c3)[nH]2)cc1. The summed E-state index contributed by atoms with van der Waals surface area (Å²) in [5, 5.41) is 10.9. The number of benzene rings is 2.